The van der Waals surface area contributed by atoms with Crippen LogP contribution in [-0.2, 0) is 4.79 Å². The third-order valence-corrected chi connectivity index (χ3v) is 5.16. The predicted molar refractivity (Wildman–Crippen MR) is 85.1 cm³/mol. The van der Waals surface area contributed by atoms with Gasteiger partial charge in [0.15, 0.2) is 5.13 Å². The summed E-state index contributed by atoms with van der Waals surface area (Å²) in [6.07, 6.45) is 3.67. The van der Waals surface area contributed by atoms with Crippen molar-refractivity contribution in [2.75, 3.05) is 18.6 Å². The van der Waals surface area contributed by atoms with E-state index in [4.69, 9.17) is 4.74 Å². The highest BCUT2D eigenvalue weighted by molar-refractivity contribution is 7.13. The van der Waals surface area contributed by atoms with E-state index in [1.807, 2.05) is 28.5 Å². The number of ether oxygens (including phenoxy) is 1. The molecule has 5 nitrogen and oxygen atoms in total. The number of amides is 1. The standard InChI is InChI=1S/C16H17N3O2S/c1-21-12-5-2-4-11(10-12)14-18-8-3-6-13(18)15(20)19(14)16-17-7-9-22-16/h2,4-5,7,9-10,13-14H,3,6,8H2,1H3. The monoisotopic (exact) mass is 315 g/mol. The molecule has 2 fully saturated rings. The normalized spacial score (nSPS) is 24.8. The Morgan fingerprint density at radius 3 is 3.09 bits per heavy atom. The van der Waals surface area contributed by atoms with Gasteiger partial charge in [-0.25, -0.2) is 4.98 Å². The predicted octanol–water partition coefficient (Wildman–Crippen LogP) is 2.66. The van der Waals surface area contributed by atoms with Gasteiger partial charge in [0.1, 0.15) is 11.9 Å². The van der Waals surface area contributed by atoms with Crippen LogP contribution in [0.5, 0.6) is 5.75 Å². The minimum absolute atomic E-state index is 0.0138. The fraction of sp³-hybridized carbons (Fsp3) is 0.375. The van der Waals surface area contributed by atoms with Gasteiger partial charge < -0.3 is 4.74 Å². The molecule has 2 aliphatic heterocycles. The number of rotatable bonds is 3. The minimum atomic E-state index is -0.0822. The quantitative estimate of drug-likeness (QED) is 0.873. The van der Waals surface area contributed by atoms with Crippen LogP contribution in [0.25, 0.3) is 0 Å². The molecule has 0 N–H and O–H groups in total. The second kappa shape index (κ2) is 5.37. The molecule has 1 aromatic heterocycles. The summed E-state index contributed by atoms with van der Waals surface area (Å²) in [6.45, 7) is 0.945. The lowest BCUT2D eigenvalue weighted by molar-refractivity contribution is -0.119. The topological polar surface area (TPSA) is 45.7 Å². The number of benzene rings is 1. The maximum Gasteiger partial charge on any atom is 0.247 e. The summed E-state index contributed by atoms with van der Waals surface area (Å²) in [5.41, 5.74) is 1.08. The van der Waals surface area contributed by atoms with E-state index in [0.717, 1.165) is 35.8 Å². The van der Waals surface area contributed by atoms with E-state index in [-0.39, 0.29) is 18.1 Å². The molecule has 22 heavy (non-hydrogen) atoms. The zero-order valence-corrected chi connectivity index (χ0v) is 13.1. The molecular weight excluding hydrogens is 298 g/mol. The van der Waals surface area contributed by atoms with E-state index in [0.29, 0.717) is 0 Å². The second-order valence-electron chi connectivity index (χ2n) is 5.57. The van der Waals surface area contributed by atoms with Crippen LogP contribution in [0.3, 0.4) is 0 Å². The Labute approximate surface area is 133 Å². The molecule has 4 rings (SSSR count). The Kier molecular flexibility index (Phi) is 3.35. The van der Waals surface area contributed by atoms with Crippen molar-refractivity contribution in [2.24, 2.45) is 0 Å². The SMILES string of the molecule is COc1cccc(C2N(c3nccs3)C(=O)C3CCCN32)c1. The maximum absolute atomic E-state index is 12.8. The lowest BCUT2D eigenvalue weighted by atomic mass is 10.1. The van der Waals surface area contributed by atoms with Crippen molar-refractivity contribution >= 4 is 22.4 Å². The van der Waals surface area contributed by atoms with Gasteiger partial charge in [-0.05, 0) is 30.5 Å². The van der Waals surface area contributed by atoms with Gasteiger partial charge in [0.25, 0.3) is 0 Å². The Balaban J connectivity index is 1.80. The van der Waals surface area contributed by atoms with Crippen molar-refractivity contribution < 1.29 is 9.53 Å². The smallest absolute Gasteiger partial charge is 0.247 e. The largest absolute Gasteiger partial charge is 0.497 e. The van der Waals surface area contributed by atoms with Crippen molar-refractivity contribution in [3.63, 3.8) is 0 Å². The third kappa shape index (κ3) is 2.02. The van der Waals surface area contributed by atoms with Crippen LogP contribution in [0.2, 0.25) is 0 Å². The molecule has 0 spiro atoms. The molecule has 1 aromatic carbocycles. The number of nitrogens with zero attached hydrogens (tertiary/aromatic N) is 3. The fourth-order valence-corrected chi connectivity index (χ4v) is 4.12. The molecular formula is C16H17N3O2S. The zero-order chi connectivity index (χ0) is 15.1. The van der Waals surface area contributed by atoms with Gasteiger partial charge in [-0.3, -0.25) is 14.6 Å². The highest BCUT2D eigenvalue weighted by Crippen LogP contribution is 2.43. The van der Waals surface area contributed by atoms with Crippen molar-refractivity contribution in [3.05, 3.63) is 41.4 Å². The lowest BCUT2D eigenvalue weighted by Gasteiger charge is -2.28. The fourth-order valence-electron chi connectivity index (χ4n) is 3.45. The summed E-state index contributed by atoms with van der Waals surface area (Å²) in [7, 11) is 1.66. The van der Waals surface area contributed by atoms with Crippen LogP contribution in [-0.4, -0.2) is 35.5 Å². The average molecular weight is 315 g/mol. The van der Waals surface area contributed by atoms with Gasteiger partial charge in [-0.15, -0.1) is 11.3 Å². The Morgan fingerprint density at radius 2 is 2.32 bits per heavy atom. The van der Waals surface area contributed by atoms with Crippen molar-refractivity contribution in [1.82, 2.24) is 9.88 Å². The Hall–Kier alpha value is -1.92. The molecule has 0 saturated carbocycles. The van der Waals surface area contributed by atoms with E-state index in [9.17, 15) is 4.79 Å². The van der Waals surface area contributed by atoms with Crippen LogP contribution in [0.1, 0.15) is 24.6 Å². The van der Waals surface area contributed by atoms with Crippen LogP contribution in [0, 0.1) is 0 Å². The molecule has 2 unspecified atom stereocenters. The molecule has 1 amide bonds. The summed E-state index contributed by atoms with van der Waals surface area (Å²) in [5.74, 6) is 0.979. The van der Waals surface area contributed by atoms with Gasteiger partial charge in [0.2, 0.25) is 5.91 Å². The van der Waals surface area contributed by atoms with Crippen molar-refractivity contribution in [3.8, 4) is 5.75 Å². The molecule has 114 valence electrons. The zero-order valence-electron chi connectivity index (χ0n) is 12.3. The first-order valence-corrected chi connectivity index (χ1v) is 8.30. The van der Waals surface area contributed by atoms with Crippen LogP contribution >= 0.6 is 11.3 Å². The van der Waals surface area contributed by atoms with E-state index < -0.39 is 0 Å². The first kappa shape index (κ1) is 13.7. The number of fused-ring (bicyclic) bond motifs is 1. The summed E-state index contributed by atoms with van der Waals surface area (Å²) >= 11 is 1.51. The summed E-state index contributed by atoms with van der Waals surface area (Å²) < 4.78 is 5.34. The highest BCUT2D eigenvalue weighted by Gasteiger charge is 2.50. The summed E-state index contributed by atoms with van der Waals surface area (Å²) in [4.78, 5) is 21.3. The average Bonchev–Trinajstić information content (AvgIpc) is 3.25. The Bertz CT molecular complexity index is 688. The molecule has 0 bridgehead atoms. The van der Waals surface area contributed by atoms with E-state index in [1.54, 1.807) is 13.3 Å². The first-order valence-electron chi connectivity index (χ1n) is 7.42. The molecule has 6 heteroatoms. The maximum atomic E-state index is 12.8. The van der Waals surface area contributed by atoms with E-state index in [2.05, 4.69) is 16.0 Å². The Morgan fingerprint density at radius 1 is 1.41 bits per heavy atom. The van der Waals surface area contributed by atoms with Gasteiger partial charge in [0.05, 0.1) is 13.2 Å². The molecule has 2 saturated heterocycles. The molecule has 0 radical (unpaired) electrons. The highest BCUT2D eigenvalue weighted by atomic mass is 32.1. The number of hydrogen-bond acceptors (Lipinski definition) is 5. The number of thiazole rings is 1. The molecule has 2 aliphatic rings. The van der Waals surface area contributed by atoms with E-state index >= 15 is 0 Å². The second-order valence-corrected chi connectivity index (χ2v) is 6.44. The molecule has 2 atom stereocenters. The van der Waals surface area contributed by atoms with Gasteiger partial charge >= 0.3 is 0 Å². The van der Waals surface area contributed by atoms with Gasteiger partial charge in [-0.1, -0.05) is 12.1 Å². The van der Waals surface area contributed by atoms with Gasteiger partial charge in [0, 0.05) is 18.1 Å². The van der Waals surface area contributed by atoms with Crippen LogP contribution in [0.4, 0.5) is 5.13 Å². The van der Waals surface area contributed by atoms with E-state index in [1.165, 1.54) is 11.3 Å². The number of hydrogen-bond donors (Lipinski definition) is 0. The summed E-state index contributed by atoms with van der Waals surface area (Å²) in [6, 6.07) is 7.96. The number of carbonyl (C=O) groups is 1. The van der Waals surface area contributed by atoms with Crippen LogP contribution < -0.4 is 9.64 Å². The van der Waals surface area contributed by atoms with Crippen molar-refractivity contribution in [1.29, 1.82) is 0 Å². The first-order chi connectivity index (χ1) is 10.8. The number of anilines is 1. The number of carbonyl (C=O) groups excluding carboxylic acids is 1. The van der Waals surface area contributed by atoms with Crippen molar-refractivity contribution in [2.45, 2.75) is 25.0 Å². The molecule has 3 heterocycles. The van der Waals surface area contributed by atoms with Gasteiger partial charge in [-0.2, -0.15) is 0 Å². The minimum Gasteiger partial charge on any atom is -0.497 e. The number of aromatic nitrogens is 1. The third-order valence-electron chi connectivity index (χ3n) is 4.39. The lowest BCUT2D eigenvalue weighted by Crippen LogP contribution is -2.32. The van der Waals surface area contributed by atoms with Crippen LogP contribution in [0.15, 0.2) is 35.8 Å². The summed E-state index contributed by atoms with van der Waals surface area (Å²) in [5, 5.41) is 2.68. The molecule has 2 aromatic rings. The number of methoxy groups -OCH3 is 1. The molecule has 0 aliphatic carbocycles.